The molecule has 0 aromatic carbocycles. The van der Waals surface area contributed by atoms with E-state index in [0.29, 0.717) is 21.8 Å². The van der Waals surface area contributed by atoms with E-state index >= 15 is 0 Å². The molecule has 0 saturated heterocycles. The average Bonchev–Trinajstić information content (AvgIpc) is 3.85. The van der Waals surface area contributed by atoms with Gasteiger partial charge in [-0.05, 0) is 138 Å². The van der Waals surface area contributed by atoms with Crippen LogP contribution in [0.5, 0.6) is 0 Å². The second-order valence-corrected chi connectivity index (χ2v) is 17.8. The van der Waals surface area contributed by atoms with Crippen molar-refractivity contribution in [2.45, 2.75) is 175 Å². The molecule has 54 heavy (non-hydrogen) atoms. The molecule has 3 rings (SSSR count). The number of alkyl halides is 4. The summed E-state index contributed by atoms with van der Waals surface area (Å²) < 4.78 is 10.3. The maximum absolute atomic E-state index is 11.1. The number of esters is 2. The first-order chi connectivity index (χ1) is 23.9. The van der Waals surface area contributed by atoms with Crippen LogP contribution in [0.1, 0.15) is 152 Å². The molecule has 0 heterocycles. The van der Waals surface area contributed by atoms with Gasteiger partial charge in [-0.3, -0.25) is 24.0 Å². The maximum atomic E-state index is 11.1. The van der Waals surface area contributed by atoms with Crippen LogP contribution < -0.4 is 17.0 Å². The normalized spacial score (nSPS) is 15.5. The van der Waals surface area contributed by atoms with Crippen molar-refractivity contribution in [3.63, 3.8) is 0 Å². The van der Waals surface area contributed by atoms with E-state index in [1.807, 2.05) is 20.8 Å². The van der Waals surface area contributed by atoms with Gasteiger partial charge >= 0.3 is 35.0 Å². The predicted molar refractivity (Wildman–Crippen MR) is 242 cm³/mol. The van der Waals surface area contributed by atoms with Crippen LogP contribution in [0.4, 0.5) is 0 Å². The molecule has 0 spiro atoms. The fraction of sp³-hybridized carbons (Fsp3) is 0.838. The number of hydrogen-bond acceptors (Lipinski definition) is 9. The summed E-state index contributed by atoms with van der Waals surface area (Å²) >= 11 is 17.3. The first-order valence-electron chi connectivity index (χ1n) is 17.6. The van der Waals surface area contributed by atoms with E-state index in [4.69, 9.17) is 14.6 Å². The van der Waals surface area contributed by atoms with Crippen molar-refractivity contribution in [1.29, 1.82) is 0 Å². The Hall–Kier alpha value is 2.00. The molecular formula is C37H67Br7MgO9. The average molecular weight is 1240 g/mol. The topological polar surface area (TPSA) is 144 Å². The third kappa shape index (κ3) is 58.3. The van der Waals surface area contributed by atoms with Crippen molar-refractivity contribution in [3.8, 4) is 0 Å². The van der Waals surface area contributed by atoms with Crippen LogP contribution in [0.3, 0.4) is 0 Å². The zero-order valence-corrected chi connectivity index (χ0v) is 46.6. The van der Waals surface area contributed by atoms with Gasteiger partial charge in [0.25, 0.3) is 0 Å². The van der Waals surface area contributed by atoms with E-state index < -0.39 is 5.60 Å². The van der Waals surface area contributed by atoms with E-state index in [9.17, 15) is 29.1 Å². The summed E-state index contributed by atoms with van der Waals surface area (Å²) in [6.07, 6.45) is 14.9. The SMILES string of the molecule is CC(C)(C)O.CC(C)(C)OC(=O)CBr.CCC1(O)CCCC1.CCC1(OC(=O)CBr)CCCC1.O=C(Br)CBr.O=C(Br)CBr.O=C1CCCC1.[Br-].[CH2-]C.[Mg+2]. The molecule has 0 bridgehead atoms. The molecular weight excluding hydrogens is 1170 g/mol. The Morgan fingerprint density at radius 2 is 1.00 bits per heavy atom. The van der Waals surface area contributed by atoms with Gasteiger partial charge in [0, 0.05) is 12.8 Å². The molecule has 0 aromatic heterocycles. The van der Waals surface area contributed by atoms with Gasteiger partial charge in [-0.2, -0.15) is 6.92 Å². The van der Waals surface area contributed by atoms with Gasteiger partial charge in [-0.15, -0.1) is 0 Å². The van der Waals surface area contributed by atoms with Gasteiger partial charge in [0.1, 0.15) is 27.6 Å². The Morgan fingerprint density at radius 3 is 1.17 bits per heavy atom. The molecule has 3 saturated carbocycles. The van der Waals surface area contributed by atoms with Crippen molar-refractivity contribution in [2.24, 2.45) is 0 Å². The fourth-order valence-electron chi connectivity index (χ4n) is 4.34. The van der Waals surface area contributed by atoms with Crippen molar-refractivity contribution < 1.29 is 60.6 Å². The third-order valence-corrected chi connectivity index (χ3v) is 10.7. The zero-order valence-electron chi connectivity index (χ0n) is 34.0. The number of rotatable bonds is 7. The molecule has 9 nitrogen and oxygen atoms in total. The molecule has 0 aromatic rings. The molecule has 3 aliphatic rings. The smallest absolute Gasteiger partial charge is 1.00 e. The quantitative estimate of drug-likeness (QED) is 0.0852. The molecule has 0 aliphatic heterocycles. The Kier molecular flexibility index (Phi) is 56.3. The van der Waals surface area contributed by atoms with Crippen molar-refractivity contribution >= 4 is 146 Å². The number of carbonyl (C=O) groups excluding carboxylic acids is 5. The summed E-state index contributed by atoms with van der Waals surface area (Å²) in [7, 11) is 0. The summed E-state index contributed by atoms with van der Waals surface area (Å²) in [5, 5.41) is 19.4. The predicted octanol–water partition coefficient (Wildman–Crippen LogP) is 8.05. The van der Waals surface area contributed by atoms with Crippen LogP contribution in [-0.4, -0.2) is 104 Å². The Balaban J connectivity index is -0.0000000965. The Bertz CT molecular complexity index is 906. The molecule has 0 atom stereocenters. The van der Waals surface area contributed by atoms with Crippen LogP contribution in [0.2, 0.25) is 0 Å². The second-order valence-electron chi connectivity index (χ2n) is 13.8. The summed E-state index contributed by atoms with van der Waals surface area (Å²) in [5.41, 5.74) is -1.24. The summed E-state index contributed by atoms with van der Waals surface area (Å²) in [6.45, 7) is 19.9. The standard InChI is InChI=1S/C9H15BrO2.C7H14O.C6H11BrO2.C5H8O.C4H10O.2C2H2Br2O.C2H5.BrH.Mg/c1-2-9(5-3-4-6-9)12-8(11)7-10;1-2-7(8)5-3-4-6-7;1-6(2,3)9-5(8)4-7;6-5-3-1-2-4-5;1-4(2,3)5;2*3-1-2(4)5;1-2;;/h2-7H2,1H3;8H,2-6H2,1H3;4H2,1-3H3;1-4H2;5H,1-3H3;2*1H2;1H2,2H3;1H;/q;;;;;;;-1;;+2/p-1. The van der Waals surface area contributed by atoms with Crippen LogP contribution in [0, 0.1) is 6.92 Å². The van der Waals surface area contributed by atoms with Crippen molar-refractivity contribution in [3.05, 3.63) is 6.92 Å². The van der Waals surface area contributed by atoms with E-state index in [1.165, 1.54) is 25.7 Å². The molecule has 320 valence electrons. The third-order valence-electron chi connectivity index (χ3n) is 6.69. The summed E-state index contributed by atoms with van der Waals surface area (Å²) in [5.74, 6) is 0.108. The Labute approximate surface area is 405 Å². The van der Waals surface area contributed by atoms with Crippen LogP contribution >= 0.6 is 95.6 Å². The Morgan fingerprint density at radius 1 is 0.685 bits per heavy atom. The number of Topliss-reactive ketones (excluding diaryl/α,β-unsaturated/α-hetero) is 1. The van der Waals surface area contributed by atoms with Gasteiger partial charge in [0.05, 0.1) is 21.9 Å². The first-order valence-corrected chi connectivity index (χ1v) is 23.7. The number of halogens is 7. The molecule has 0 radical (unpaired) electrons. The number of aliphatic hydroxyl groups is 2. The van der Waals surface area contributed by atoms with Gasteiger partial charge in [0.15, 0.2) is 0 Å². The van der Waals surface area contributed by atoms with Crippen LogP contribution in [0.25, 0.3) is 0 Å². The van der Waals surface area contributed by atoms with Gasteiger partial charge < -0.3 is 43.6 Å². The van der Waals surface area contributed by atoms with E-state index in [0.717, 1.165) is 64.2 Å². The van der Waals surface area contributed by atoms with Gasteiger partial charge in [-0.25, -0.2) is 0 Å². The molecule has 3 fully saturated rings. The van der Waals surface area contributed by atoms with Crippen LogP contribution in [-0.2, 0) is 33.4 Å². The molecule has 17 heteroatoms. The zero-order chi connectivity index (χ0) is 42.0. The minimum absolute atomic E-state index is 0. The monoisotopic (exact) mass is 1230 g/mol. The van der Waals surface area contributed by atoms with Crippen molar-refractivity contribution in [2.75, 3.05) is 21.3 Å². The molecule has 2 N–H and O–H groups in total. The van der Waals surface area contributed by atoms with Crippen molar-refractivity contribution in [1.82, 2.24) is 0 Å². The van der Waals surface area contributed by atoms with Gasteiger partial charge in [0.2, 0.25) is 9.39 Å². The van der Waals surface area contributed by atoms with E-state index in [2.05, 4.69) is 116 Å². The second kappa shape index (κ2) is 43.1. The maximum Gasteiger partial charge on any atom is 2.00 e. The number of hydrogen-bond donors (Lipinski definition) is 2. The number of ketones is 1. The van der Waals surface area contributed by atoms with Gasteiger partial charge in [-0.1, -0.05) is 90.4 Å². The summed E-state index contributed by atoms with van der Waals surface area (Å²) in [4.78, 5) is 51.2. The summed E-state index contributed by atoms with van der Waals surface area (Å²) in [6, 6.07) is 0. The largest absolute Gasteiger partial charge is 2.00 e. The minimum atomic E-state index is -0.500. The molecule has 0 unspecified atom stereocenters. The molecule has 3 aliphatic carbocycles. The minimum Gasteiger partial charge on any atom is -1.00 e. The van der Waals surface area contributed by atoms with E-state index in [1.54, 1.807) is 27.7 Å². The number of ether oxygens (including phenoxy) is 2. The fourth-order valence-corrected chi connectivity index (χ4v) is 4.57. The van der Waals surface area contributed by atoms with Crippen LogP contribution in [0.15, 0.2) is 0 Å². The molecule has 0 amide bonds. The van der Waals surface area contributed by atoms with E-state index in [-0.39, 0.29) is 83.5 Å². The first kappa shape index (κ1) is 70.6. The number of carbonyl (C=O) groups is 5.